The number of rotatable bonds is 3. The molecule has 5 heteroatoms. The van der Waals surface area contributed by atoms with Crippen LogP contribution in [0.15, 0.2) is 54.6 Å². The van der Waals surface area contributed by atoms with Gasteiger partial charge >= 0.3 is 0 Å². The van der Waals surface area contributed by atoms with Gasteiger partial charge in [0.05, 0.1) is 14.2 Å². The van der Waals surface area contributed by atoms with Gasteiger partial charge in [-0.3, -0.25) is 9.59 Å². The zero-order valence-electron chi connectivity index (χ0n) is 14.8. The highest BCUT2D eigenvalue weighted by Gasteiger charge is 2.33. The molecule has 3 aromatic carbocycles. The molecule has 1 N–H and O–H groups in total. The zero-order valence-corrected chi connectivity index (χ0v) is 14.8. The third-order valence-electron chi connectivity index (χ3n) is 4.70. The summed E-state index contributed by atoms with van der Waals surface area (Å²) < 4.78 is 10.8. The third-order valence-corrected chi connectivity index (χ3v) is 4.70. The molecule has 1 aliphatic rings. The van der Waals surface area contributed by atoms with Crippen molar-refractivity contribution in [3.63, 3.8) is 0 Å². The van der Waals surface area contributed by atoms with Crippen molar-refractivity contribution < 1.29 is 24.2 Å². The average molecular weight is 360 g/mol. The average Bonchev–Trinajstić information content (AvgIpc) is 2.70. The standard InChI is InChI=1S/C22H16O5/c1-26-18-9-5-8-15(22(18)27-2)16-10-12(23)11-17-19(16)21(25)14-7-4-3-6-13(14)20(17)24/h3-11,23H,1-2H3. The van der Waals surface area contributed by atoms with Gasteiger partial charge in [-0.2, -0.15) is 0 Å². The van der Waals surface area contributed by atoms with Crippen molar-refractivity contribution in [3.8, 4) is 28.4 Å². The number of ketones is 2. The Balaban J connectivity index is 2.05. The van der Waals surface area contributed by atoms with E-state index in [0.29, 0.717) is 33.8 Å². The molecule has 0 heterocycles. The number of hydrogen-bond acceptors (Lipinski definition) is 5. The number of aromatic hydroxyl groups is 1. The Hall–Kier alpha value is -3.60. The highest BCUT2D eigenvalue weighted by atomic mass is 16.5. The molecule has 3 aromatic rings. The number of phenolic OH excluding ortho intramolecular Hbond substituents is 1. The normalized spacial score (nSPS) is 12.4. The molecule has 0 aromatic heterocycles. The van der Waals surface area contributed by atoms with Gasteiger partial charge in [0, 0.05) is 33.4 Å². The summed E-state index contributed by atoms with van der Waals surface area (Å²) in [6.45, 7) is 0. The van der Waals surface area contributed by atoms with Gasteiger partial charge in [0.2, 0.25) is 0 Å². The van der Waals surface area contributed by atoms with E-state index in [1.165, 1.54) is 26.4 Å². The van der Waals surface area contributed by atoms with Crippen molar-refractivity contribution >= 4 is 11.6 Å². The van der Waals surface area contributed by atoms with Gasteiger partial charge in [-0.1, -0.05) is 36.4 Å². The quantitative estimate of drug-likeness (QED) is 0.601. The number of ether oxygens (including phenoxy) is 2. The largest absolute Gasteiger partial charge is 0.508 e. The van der Waals surface area contributed by atoms with E-state index in [4.69, 9.17) is 9.47 Å². The molecule has 5 nitrogen and oxygen atoms in total. The van der Waals surface area contributed by atoms with Crippen LogP contribution in [-0.4, -0.2) is 30.9 Å². The van der Waals surface area contributed by atoms with E-state index < -0.39 is 0 Å². The maximum Gasteiger partial charge on any atom is 0.195 e. The summed E-state index contributed by atoms with van der Waals surface area (Å²) in [5, 5.41) is 10.2. The second-order valence-corrected chi connectivity index (χ2v) is 6.16. The monoisotopic (exact) mass is 360 g/mol. The fraction of sp³-hybridized carbons (Fsp3) is 0.0909. The smallest absolute Gasteiger partial charge is 0.195 e. The lowest BCUT2D eigenvalue weighted by molar-refractivity contribution is 0.0979. The second kappa shape index (κ2) is 6.29. The molecule has 0 atom stereocenters. The molecule has 0 unspecified atom stereocenters. The number of hydrogen-bond donors (Lipinski definition) is 1. The number of fused-ring (bicyclic) bond motifs is 2. The Morgan fingerprint density at radius 3 is 2.00 bits per heavy atom. The number of carbonyl (C=O) groups excluding carboxylic acids is 2. The first-order valence-electron chi connectivity index (χ1n) is 8.33. The maximum absolute atomic E-state index is 13.2. The SMILES string of the molecule is COc1cccc(-c2cc(O)cc3c2C(=O)c2ccccc2C3=O)c1OC. The van der Waals surface area contributed by atoms with Gasteiger partial charge in [-0.05, 0) is 18.2 Å². The molecule has 0 fully saturated rings. The van der Waals surface area contributed by atoms with Crippen LogP contribution < -0.4 is 9.47 Å². The van der Waals surface area contributed by atoms with Crippen LogP contribution in [0.3, 0.4) is 0 Å². The molecule has 0 saturated heterocycles. The number of para-hydroxylation sites is 1. The predicted molar refractivity (Wildman–Crippen MR) is 100.0 cm³/mol. The topological polar surface area (TPSA) is 72.8 Å². The van der Waals surface area contributed by atoms with Crippen molar-refractivity contribution in [2.45, 2.75) is 0 Å². The Morgan fingerprint density at radius 1 is 0.704 bits per heavy atom. The van der Waals surface area contributed by atoms with Crippen molar-refractivity contribution in [2.75, 3.05) is 14.2 Å². The van der Waals surface area contributed by atoms with Crippen LogP contribution in [0.2, 0.25) is 0 Å². The lowest BCUT2D eigenvalue weighted by Gasteiger charge is -2.22. The van der Waals surface area contributed by atoms with Gasteiger partial charge < -0.3 is 14.6 Å². The first-order chi connectivity index (χ1) is 13.1. The van der Waals surface area contributed by atoms with E-state index in [1.54, 1.807) is 42.5 Å². The molecule has 4 rings (SSSR count). The van der Waals surface area contributed by atoms with E-state index in [9.17, 15) is 14.7 Å². The molecule has 134 valence electrons. The summed E-state index contributed by atoms with van der Waals surface area (Å²) in [7, 11) is 3.02. The highest BCUT2D eigenvalue weighted by molar-refractivity contribution is 6.30. The van der Waals surface area contributed by atoms with Gasteiger partial charge in [-0.25, -0.2) is 0 Å². The minimum absolute atomic E-state index is 0.103. The summed E-state index contributed by atoms with van der Waals surface area (Å²) >= 11 is 0. The molecule has 0 amide bonds. The molecule has 0 radical (unpaired) electrons. The highest BCUT2D eigenvalue weighted by Crippen LogP contribution is 2.43. The van der Waals surface area contributed by atoms with Crippen LogP contribution in [0.25, 0.3) is 11.1 Å². The summed E-state index contributed by atoms with van der Waals surface area (Å²) in [5.74, 6) is 0.252. The fourth-order valence-corrected chi connectivity index (χ4v) is 3.52. The Kier molecular flexibility index (Phi) is 3.92. The van der Waals surface area contributed by atoms with Crippen molar-refractivity contribution in [3.05, 3.63) is 76.9 Å². The summed E-state index contributed by atoms with van der Waals surface area (Å²) in [6, 6.07) is 14.7. The zero-order chi connectivity index (χ0) is 19.1. The molecule has 0 bridgehead atoms. The van der Waals surface area contributed by atoms with Crippen molar-refractivity contribution in [1.29, 1.82) is 0 Å². The summed E-state index contributed by atoms with van der Waals surface area (Å²) in [5.41, 5.74) is 2.10. The molecule has 0 saturated carbocycles. The molecular formula is C22H16O5. The predicted octanol–water partition coefficient (Wildman–Crippen LogP) is 3.85. The molecular weight excluding hydrogens is 344 g/mol. The first-order valence-corrected chi connectivity index (χ1v) is 8.33. The van der Waals surface area contributed by atoms with Gasteiger partial charge in [0.1, 0.15) is 5.75 Å². The lowest BCUT2D eigenvalue weighted by atomic mass is 9.80. The van der Waals surface area contributed by atoms with Crippen LogP contribution in [0, 0.1) is 0 Å². The summed E-state index contributed by atoms with van der Waals surface area (Å²) in [6.07, 6.45) is 0. The van der Waals surface area contributed by atoms with Crippen LogP contribution >= 0.6 is 0 Å². The Morgan fingerprint density at radius 2 is 1.33 bits per heavy atom. The molecule has 1 aliphatic carbocycles. The number of phenols is 1. The minimum Gasteiger partial charge on any atom is -0.508 e. The lowest BCUT2D eigenvalue weighted by Crippen LogP contribution is -2.21. The van der Waals surface area contributed by atoms with Crippen LogP contribution in [-0.2, 0) is 0 Å². The summed E-state index contributed by atoms with van der Waals surface area (Å²) in [4.78, 5) is 26.2. The van der Waals surface area contributed by atoms with Crippen LogP contribution in [0.1, 0.15) is 31.8 Å². The number of methoxy groups -OCH3 is 2. The third kappa shape index (κ3) is 2.47. The van der Waals surface area contributed by atoms with Crippen molar-refractivity contribution in [1.82, 2.24) is 0 Å². The van der Waals surface area contributed by atoms with Crippen LogP contribution in [0.4, 0.5) is 0 Å². The molecule has 27 heavy (non-hydrogen) atoms. The molecule has 0 aliphatic heterocycles. The van der Waals surface area contributed by atoms with E-state index in [1.807, 2.05) is 0 Å². The Bertz CT molecular complexity index is 1100. The minimum atomic E-state index is -0.292. The van der Waals surface area contributed by atoms with E-state index in [-0.39, 0.29) is 28.4 Å². The fourth-order valence-electron chi connectivity index (χ4n) is 3.52. The number of carbonyl (C=O) groups is 2. The molecule has 0 spiro atoms. The van der Waals surface area contributed by atoms with E-state index in [0.717, 1.165) is 0 Å². The van der Waals surface area contributed by atoms with E-state index >= 15 is 0 Å². The van der Waals surface area contributed by atoms with E-state index in [2.05, 4.69) is 0 Å². The van der Waals surface area contributed by atoms with Crippen molar-refractivity contribution in [2.24, 2.45) is 0 Å². The first kappa shape index (κ1) is 16.8. The van der Waals surface area contributed by atoms with Gasteiger partial charge in [-0.15, -0.1) is 0 Å². The van der Waals surface area contributed by atoms with Gasteiger partial charge in [0.15, 0.2) is 23.1 Å². The van der Waals surface area contributed by atoms with Crippen LogP contribution in [0.5, 0.6) is 17.2 Å². The van der Waals surface area contributed by atoms with Gasteiger partial charge in [0.25, 0.3) is 0 Å². The maximum atomic E-state index is 13.2. The Labute approximate surface area is 155 Å². The number of benzene rings is 3. The second-order valence-electron chi connectivity index (χ2n) is 6.16.